The van der Waals surface area contributed by atoms with Crippen LogP contribution in [0.2, 0.25) is 0 Å². The summed E-state index contributed by atoms with van der Waals surface area (Å²) in [6.45, 7) is 12.5. The van der Waals surface area contributed by atoms with E-state index < -0.39 is 0 Å². The van der Waals surface area contributed by atoms with Gasteiger partial charge in [-0.25, -0.2) is 4.99 Å². The molecule has 1 aromatic rings. The zero-order valence-electron chi connectivity index (χ0n) is 19.5. The van der Waals surface area contributed by atoms with E-state index in [0.29, 0.717) is 24.9 Å². The zero-order chi connectivity index (χ0) is 22.8. The van der Waals surface area contributed by atoms with Crippen molar-refractivity contribution in [2.24, 2.45) is 4.99 Å². The summed E-state index contributed by atoms with van der Waals surface area (Å²) >= 11 is 0. The summed E-state index contributed by atoms with van der Waals surface area (Å²) in [4.78, 5) is 19.1. The van der Waals surface area contributed by atoms with Crippen molar-refractivity contribution in [2.75, 3.05) is 64.5 Å². The van der Waals surface area contributed by atoms with E-state index in [1.807, 2.05) is 39.0 Å². The van der Waals surface area contributed by atoms with Crippen molar-refractivity contribution < 1.29 is 19.0 Å². The molecule has 0 unspecified atom stereocenters. The van der Waals surface area contributed by atoms with E-state index in [1.54, 1.807) is 0 Å². The fourth-order valence-corrected chi connectivity index (χ4v) is 3.46. The van der Waals surface area contributed by atoms with Gasteiger partial charge in [0.25, 0.3) is 0 Å². The lowest BCUT2D eigenvalue weighted by Crippen LogP contribution is -2.42. The number of benzene rings is 1. The summed E-state index contributed by atoms with van der Waals surface area (Å²) in [6.07, 6.45) is 1.83. The van der Waals surface area contributed by atoms with E-state index in [4.69, 9.17) is 14.2 Å². The van der Waals surface area contributed by atoms with Crippen LogP contribution >= 0.6 is 0 Å². The van der Waals surface area contributed by atoms with Gasteiger partial charge in [-0.2, -0.15) is 0 Å². The number of ether oxygens (including phenoxy) is 3. The van der Waals surface area contributed by atoms with Crippen LogP contribution in [-0.4, -0.2) is 81.5 Å². The standard InChI is InChI=1S/C23H37N5O4/c1-23(2,3)27-21(29)17-25-22(24-8-4-9-28-10-14-30-15-11-28)26-18-6-7-19-20(16-18)32-13-5-12-31-19/h6-7,16H,4-5,8-15,17H2,1-3H3,(H,27,29)(H2,24,25,26). The second-order valence-corrected chi connectivity index (χ2v) is 9.03. The third kappa shape index (κ3) is 8.55. The van der Waals surface area contributed by atoms with Crippen molar-refractivity contribution >= 4 is 17.6 Å². The number of nitrogens with one attached hydrogen (secondary N) is 3. The van der Waals surface area contributed by atoms with Crippen molar-refractivity contribution in [3.8, 4) is 11.5 Å². The third-order valence-corrected chi connectivity index (χ3v) is 4.95. The largest absolute Gasteiger partial charge is 0.490 e. The number of amides is 1. The first-order valence-corrected chi connectivity index (χ1v) is 11.5. The smallest absolute Gasteiger partial charge is 0.242 e. The van der Waals surface area contributed by atoms with Crippen molar-refractivity contribution in [2.45, 2.75) is 39.2 Å². The maximum Gasteiger partial charge on any atom is 0.242 e. The van der Waals surface area contributed by atoms with Crippen LogP contribution in [-0.2, 0) is 9.53 Å². The van der Waals surface area contributed by atoms with Gasteiger partial charge in [0.15, 0.2) is 17.5 Å². The minimum absolute atomic E-state index is 0.0423. The molecule has 1 aromatic carbocycles. The monoisotopic (exact) mass is 447 g/mol. The molecule has 0 radical (unpaired) electrons. The second-order valence-electron chi connectivity index (χ2n) is 9.03. The number of hydrogen-bond donors (Lipinski definition) is 3. The summed E-state index contributed by atoms with van der Waals surface area (Å²) < 4.78 is 16.9. The Balaban J connectivity index is 1.59. The molecule has 178 valence electrons. The van der Waals surface area contributed by atoms with Crippen LogP contribution in [0.15, 0.2) is 23.2 Å². The zero-order valence-corrected chi connectivity index (χ0v) is 19.5. The first-order chi connectivity index (χ1) is 15.4. The Hall–Kier alpha value is -2.52. The highest BCUT2D eigenvalue weighted by Crippen LogP contribution is 2.32. The molecule has 9 heteroatoms. The molecule has 0 bridgehead atoms. The van der Waals surface area contributed by atoms with Crippen molar-refractivity contribution in [1.29, 1.82) is 0 Å². The quantitative estimate of drug-likeness (QED) is 0.333. The molecule has 0 aromatic heterocycles. The van der Waals surface area contributed by atoms with Gasteiger partial charge in [0.2, 0.25) is 5.91 Å². The maximum atomic E-state index is 12.3. The van der Waals surface area contributed by atoms with Gasteiger partial charge in [0.1, 0.15) is 6.54 Å². The molecule has 1 amide bonds. The first kappa shape index (κ1) is 24.1. The van der Waals surface area contributed by atoms with Crippen LogP contribution in [0, 0.1) is 0 Å². The highest BCUT2D eigenvalue weighted by Gasteiger charge is 2.15. The molecule has 0 spiro atoms. The van der Waals surface area contributed by atoms with Crippen LogP contribution in [0.25, 0.3) is 0 Å². The molecule has 32 heavy (non-hydrogen) atoms. The minimum Gasteiger partial charge on any atom is -0.490 e. The van der Waals surface area contributed by atoms with Crippen molar-refractivity contribution in [3.63, 3.8) is 0 Å². The second kappa shape index (κ2) is 11.9. The lowest BCUT2D eigenvalue weighted by molar-refractivity contribution is -0.121. The van der Waals surface area contributed by atoms with E-state index in [0.717, 1.165) is 63.7 Å². The summed E-state index contributed by atoms with van der Waals surface area (Å²) in [7, 11) is 0. The van der Waals surface area contributed by atoms with Gasteiger partial charge in [-0.15, -0.1) is 0 Å². The number of hydrogen-bond acceptors (Lipinski definition) is 6. The Morgan fingerprint density at radius 2 is 1.84 bits per heavy atom. The van der Waals surface area contributed by atoms with Gasteiger partial charge in [-0.05, 0) is 45.9 Å². The van der Waals surface area contributed by atoms with E-state index in [2.05, 4.69) is 25.8 Å². The van der Waals surface area contributed by atoms with Gasteiger partial charge >= 0.3 is 0 Å². The van der Waals surface area contributed by atoms with Crippen LogP contribution in [0.5, 0.6) is 11.5 Å². The van der Waals surface area contributed by atoms with Gasteiger partial charge in [0.05, 0.1) is 26.4 Å². The fraction of sp³-hybridized carbons (Fsp3) is 0.652. The molecule has 2 aliphatic rings. The molecule has 2 aliphatic heterocycles. The summed E-state index contributed by atoms with van der Waals surface area (Å²) in [5.74, 6) is 1.90. The lowest BCUT2D eigenvalue weighted by atomic mass is 10.1. The number of carbonyl (C=O) groups excluding carboxylic acids is 1. The van der Waals surface area contributed by atoms with Crippen LogP contribution in [0.1, 0.15) is 33.6 Å². The number of nitrogens with zero attached hydrogens (tertiary/aromatic N) is 2. The lowest BCUT2D eigenvalue weighted by Gasteiger charge is -2.26. The number of carbonyl (C=O) groups is 1. The van der Waals surface area contributed by atoms with Gasteiger partial charge < -0.3 is 30.2 Å². The molecule has 0 atom stereocenters. The predicted molar refractivity (Wildman–Crippen MR) is 126 cm³/mol. The van der Waals surface area contributed by atoms with Gasteiger partial charge in [0, 0.05) is 43.3 Å². The van der Waals surface area contributed by atoms with Crippen molar-refractivity contribution in [3.05, 3.63) is 18.2 Å². The maximum absolute atomic E-state index is 12.3. The average molecular weight is 448 g/mol. The SMILES string of the molecule is CC(C)(C)NC(=O)CN=C(NCCCN1CCOCC1)Nc1ccc2c(c1)OCCCO2. The Bertz CT molecular complexity index is 772. The van der Waals surface area contributed by atoms with E-state index in [1.165, 1.54) is 0 Å². The Morgan fingerprint density at radius 1 is 1.09 bits per heavy atom. The molecule has 0 saturated carbocycles. The summed E-state index contributed by atoms with van der Waals surface area (Å²) in [5.41, 5.74) is 0.532. The van der Waals surface area contributed by atoms with E-state index in [-0.39, 0.29) is 18.0 Å². The fourth-order valence-electron chi connectivity index (χ4n) is 3.46. The van der Waals surface area contributed by atoms with Crippen LogP contribution < -0.4 is 25.4 Å². The number of aliphatic imine (C=N–C) groups is 1. The third-order valence-electron chi connectivity index (χ3n) is 4.95. The number of guanidine groups is 1. The van der Waals surface area contributed by atoms with E-state index >= 15 is 0 Å². The number of morpholine rings is 1. The van der Waals surface area contributed by atoms with Gasteiger partial charge in [-0.3, -0.25) is 9.69 Å². The molecular weight excluding hydrogens is 410 g/mol. The Labute approximate surface area is 190 Å². The molecule has 3 rings (SSSR count). The summed E-state index contributed by atoms with van der Waals surface area (Å²) in [5, 5.41) is 9.58. The van der Waals surface area contributed by atoms with Crippen LogP contribution in [0.4, 0.5) is 5.69 Å². The number of anilines is 1. The molecule has 2 heterocycles. The van der Waals surface area contributed by atoms with Crippen molar-refractivity contribution in [1.82, 2.24) is 15.5 Å². The topological polar surface area (TPSA) is 96.5 Å². The highest BCUT2D eigenvalue weighted by atomic mass is 16.5. The molecule has 1 saturated heterocycles. The predicted octanol–water partition coefficient (Wildman–Crippen LogP) is 1.84. The molecule has 0 aliphatic carbocycles. The molecule has 1 fully saturated rings. The molecular formula is C23H37N5O4. The average Bonchev–Trinajstić information content (AvgIpc) is 2.99. The first-order valence-electron chi connectivity index (χ1n) is 11.5. The minimum atomic E-state index is -0.292. The Kier molecular flexibility index (Phi) is 8.99. The van der Waals surface area contributed by atoms with Crippen LogP contribution in [0.3, 0.4) is 0 Å². The Morgan fingerprint density at radius 3 is 2.59 bits per heavy atom. The van der Waals surface area contributed by atoms with E-state index in [9.17, 15) is 4.79 Å². The number of rotatable bonds is 7. The molecule has 3 N–H and O–H groups in total. The highest BCUT2D eigenvalue weighted by molar-refractivity contribution is 5.95. The normalized spacial score (nSPS) is 17.4. The summed E-state index contributed by atoms with van der Waals surface area (Å²) in [6, 6.07) is 5.72. The number of fused-ring (bicyclic) bond motifs is 1. The molecule has 9 nitrogen and oxygen atoms in total. The van der Waals surface area contributed by atoms with Gasteiger partial charge in [-0.1, -0.05) is 0 Å².